The molecule has 0 saturated carbocycles. The molecule has 3 heterocycles. The Morgan fingerprint density at radius 3 is 2.85 bits per heavy atom. The molecule has 0 radical (unpaired) electrons. The average molecular weight is 282 g/mol. The fourth-order valence-electron chi connectivity index (χ4n) is 1.91. The highest BCUT2D eigenvalue weighted by atomic mass is 32.1. The van der Waals surface area contributed by atoms with Crippen LogP contribution in [-0.2, 0) is 0 Å². The van der Waals surface area contributed by atoms with Gasteiger partial charge in [-0.15, -0.1) is 11.3 Å². The van der Waals surface area contributed by atoms with Crippen molar-refractivity contribution in [3.05, 3.63) is 59.2 Å². The van der Waals surface area contributed by atoms with E-state index in [1.807, 2.05) is 24.3 Å². The normalized spacial score (nSPS) is 12.1. The zero-order valence-corrected chi connectivity index (χ0v) is 11.8. The molecule has 0 aliphatic carbocycles. The molecular formula is C15H14N4S. The Balaban J connectivity index is 1.81. The van der Waals surface area contributed by atoms with Gasteiger partial charge in [-0.05, 0) is 36.6 Å². The highest BCUT2D eigenvalue weighted by Gasteiger charge is 2.08. The maximum atomic E-state index is 4.54. The zero-order valence-electron chi connectivity index (χ0n) is 11.0. The molecule has 0 spiro atoms. The van der Waals surface area contributed by atoms with Crippen molar-refractivity contribution < 1.29 is 0 Å². The van der Waals surface area contributed by atoms with E-state index in [1.54, 1.807) is 29.9 Å². The van der Waals surface area contributed by atoms with Crippen LogP contribution in [0.4, 0.5) is 5.95 Å². The van der Waals surface area contributed by atoms with Crippen LogP contribution >= 0.6 is 11.3 Å². The molecule has 0 amide bonds. The topological polar surface area (TPSA) is 50.7 Å². The molecule has 4 nitrogen and oxygen atoms in total. The SMILES string of the molecule is C[C@H](Nc1nccc(-c2cccnc2)n1)c1cccs1. The maximum absolute atomic E-state index is 4.54. The van der Waals surface area contributed by atoms with Crippen molar-refractivity contribution in [1.29, 1.82) is 0 Å². The quantitative estimate of drug-likeness (QED) is 0.791. The van der Waals surface area contributed by atoms with Crippen LogP contribution in [0.2, 0.25) is 0 Å². The Hall–Kier alpha value is -2.27. The minimum Gasteiger partial charge on any atom is -0.347 e. The molecule has 20 heavy (non-hydrogen) atoms. The molecule has 0 unspecified atom stereocenters. The lowest BCUT2D eigenvalue weighted by atomic mass is 10.2. The van der Waals surface area contributed by atoms with Crippen LogP contribution in [0.5, 0.6) is 0 Å². The summed E-state index contributed by atoms with van der Waals surface area (Å²) in [5.74, 6) is 0.632. The molecule has 0 aliphatic heterocycles. The van der Waals surface area contributed by atoms with E-state index in [-0.39, 0.29) is 6.04 Å². The number of pyridine rings is 1. The Morgan fingerprint density at radius 1 is 1.15 bits per heavy atom. The largest absolute Gasteiger partial charge is 0.347 e. The van der Waals surface area contributed by atoms with Crippen LogP contribution in [0.1, 0.15) is 17.8 Å². The summed E-state index contributed by atoms with van der Waals surface area (Å²) < 4.78 is 0. The predicted molar refractivity (Wildman–Crippen MR) is 81.6 cm³/mol. The minimum absolute atomic E-state index is 0.194. The summed E-state index contributed by atoms with van der Waals surface area (Å²) in [6, 6.07) is 10.1. The second-order valence-corrected chi connectivity index (χ2v) is 5.37. The number of aromatic nitrogens is 3. The summed E-state index contributed by atoms with van der Waals surface area (Å²) in [6.45, 7) is 2.10. The van der Waals surface area contributed by atoms with Gasteiger partial charge < -0.3 is 5.32 Å². The summed E-state index contributed by atoms with van der Waals surface area (Å²) >= 11 is 1.72. The second-order valence-electron chi connectivity index (χ2n) is 4.39. The minimum atomic E-state index is 0.194. The third-order valence-corrected chi connectivity index (χ3v) is 3.98. The van der Waals surface area contributed by atoms with Crippen molar-refractivity contribution in [1.82, 2.24) is 15.0 Å². The molecule has 0 aliphatic rings. The van der Waals surface area contributed by atoms with Gasteiger partial charge in [0.15, 0.2) is 0 Å². The fraction of sp³-hybridized carbons (Fsp3) is 0.133. The summed E-state index contributed by atoms with van der Waals surface area (Å²) in [5, 5.41) is 5.39. The summed E-state index contributed by atoms with van der Waals surface area (Å²) in [5.41, 5.74) is 1.86. The lowest BCUT2D eigenvalue weighted by molar-refractivity contribution is 0.881. The fourth-order valence-corrected chi connectivity index (χ4v) is 2.64. The first kappa shape index (κ1) is 12.7. The Kier molecular flexibility index (Phi) is 3.69. The van der Waals surface area contributed by atoms with Crippen molar-refractivity contribution in [3.8, 4) is 11.3 Å². The number of thiophene rings is 1. The van der Waals surface area contributed by atoms with E-state index in [4.69, 9.17) is 0 Å². The van der Waals surface area contributed by atoms with Gasteiger partial charge in [0.25, 0.3) is 0 Å². The third-order valence-electron chi connectivity index (χ3n) is 2.93. The van der Waals surface area contributed by atoms with Gasteiger partial charge in [-0.25, -0.2) is 9.97 Å². The highest BCUT2D eigenvalue weighted by molar-refractivity contribution is 7.10. The van der Waals surface area contributed by atoms with Crippen molar-refractivity contribution >= 4 is 17.3 Å². The van der Waals surface area contributed by atoms with E-state index in [0.717, 1.165) is 11.3 Å². The molecule has 0 saturated heterocycles. The second kappa shape index (κ2) is 5.79. The van der Waals surface area contributed by atoms with Gasteiger partial charge in [0.1, 0.15) is 0 Å². The first-order chi connectivity index (χ1) is 9.83. The van der Waals surface area contributed by atoms with Gasteiger partial charge in [-0.3, -0.25) is 4.98 Å². The van der Waals surface area contributed by atoms with E-state index in [2.05, 4.69) is 38.6 Å². The number of anilines is 1. The van der Waals surface area contributed by atoms with Gasteiger partial charge in [0.2, 0.25) is 5.95 Å². The number of nitrogens with zero attached hydrogens (tertiary/aromatic N) is 3. The molecule has 3 aromatic rings. The third kappa shape index (κ3) is 2.83. The Labute approximate surface area is 121 Å². The van der Waals surface area contributed by atoms with Crippen molar-refractivity contribution in [2.24, 2.45) is 0 Å². The number of hydrogen-bond donors (Lipinski definition) is 1. The van der Waals surface area contributed by atoms with E-state index in [0.29, 0.717) is 5.95 Å². The van der Waals surface area contributed by atoms with Crippen LogP contribution in [0.3, 0.4) is 0 Å². The highest BCUT2D eigenvalue weighted by Crippen LogP contribution is 2.22. The monoisotopic (exact) mass is 282 g/mol. The van der Waals surface area contributed by atoms with E-state index in [9.17, 15) is 0 Å². The van der Waals surface area contributed by atoms with Gasteiger partial charge in [0, 0.05) is 29.0 Å². The summed E-state index contributed by atoms with van der Waals surface area (Å²) in [7, 11) is 0. The Bertz CT molecular complexity index is 667. The predicted octanol–water partition coefficient (Wildman–Crippen LogP) is 3.77. The lowest BCUT2D eigenvalue weighted by Gasteiger charge is -2.12. The van der Waals surface area contributed by atoms with Crippen LogP contribution in [-0.4, -0.2) is 15.0 Å². The van der Waals surface area contributed by atoms with Crippen molar-refractivity contribution in [2.75, 3.05) is 5.32 Å². The molecule has 0 bridgehead atoms. The van der Waals surface area contributed by atoms with Gasteiger partial charge in [-0.2, -0.15) is 0 Å². The maximum Gasteiger partial charge on any atom is 0.223 e. The molecular weight excluding hydrogens is 268 g/mol. The van der Waals surface area contributed by atoms with Crippen molar-refractivity contribution in [2.45, 2.75) is 13.0 Å². The molecule has 0 fully saturated rings. The summed E-state index contributed by atoms with van der Waals surface area (Å²) in [6.07, 6.45) is 5.32. The zero-order chi connectivity index (χ0) is 13.8. The standard InChI is InChI=1S/C15H14N4S/c1-11(14-5-3-9-20-14)18-15-17-8-6-13(19-15)12-4-2-7-16-10-12/h2-11H,1H3,(H,17,18,19)/t11-/m0/s1. The molecule has 3 aromatic heterocycles. The number of nitrogens with one attached hydrogen (secondary N) is 1. The van der Waals surface area contributed by atoms with E-state index in [1.165, 1.54) is 4.88 Å². The number of hydrogen-bond acceptors (Lipinski definition) is 5. The van der Waals surface area contributed by atoms with Crippen LogP contribution < -0.4 is 5.32 Å². The van der Waals surface area contributed by atoms with Crippen LogP contribution in [0, 0.1) is 0 Å². The average Bonchev–Trinajstić information content (AvgIpc) is 3.03. The lowest BCUT2D eigenvalue weighted by Crippen LogP contribution is -2.08. The van der Waals surface area contributed by atoms with Crippen LogP contribution in [0.15, 0.2) is 54.3 Å². The van der Waals surface area contributed by atoms with Gasteiger partial charge in [0.05, 0.1) is 11.7 Å². The smallest absolute Gasteiger partial charge is 0.223 e. The molecule has 3 rings (SSSR count). The molecule has 0 aromatic carbocycles. The van der Waals surface area contributed by atoms with E-state index >= 15 is 0 Å². The van der Waals surface area contributed by atoms with Gasteiger partial charge in [-0.1, -0.05) is 6.07 Å². The van der Waals surface area contributed by atoms with Crippen LogP contribution in [0.25, 0.3) is 11.3 Å². The molecule has 5 heteroatoms. The molecule has 100 valence electrons. The molecule has 1 N–H and O–H groups in total. The first-order valence-corrected chi connectivity index (χ1v) is 7.24. The Morgan fingerprint density at radius 2 is 2.10 bits per heavy atom. The summed E-state index contributed by atoms with van der Waals surface area (Å²) in [4.78, 5) is 14.2. The number of rotatable bonds is 4. The van der Waals surface area contributed by atoms with E-state index < -0.39 is 0 Å². The molecule has 1 atom stereocenters. The first-order valence-electron chi connectivity index (χ1n) is 6.36. The van der Waals surface area contributed by atoms with Crippen molar-refractivity contribution in [3.63, 3.8) is 0 Å². The van der Waals surface area contributed by atoms with Gasteiger partial charge >= 0.3 is 0 Å².